The van der Waals surface area contributed by atoms with Crippen molar-refractivity contribution in [3.63, 3.8) is 0 Å². The van der Waals surface area contributed by atoms with E-state index in [-0.39, 0.29) is 5.91 Å². The van der Waals surface area contributed by atoms with E-state index in [1.165, 1.54) is 0 Å². The summed E-state index contributed by atoms with van der Waals surface area (Å²) in [4.78, 5) is 14.7. The molecule has 106 valence electrons. The van der Waals surface area contributed by atoms with Crippen molar-refractivity contribution in [2.75, 3.05) is 11.9 Å². The Bertz CT molecular complexity index is 430. The monoisotopic (exact) mass is 389 g/mol. The van der Waals surface area contributed by atoms with E-state index in [9.17, 15) is 4.79 Å². The Morgan fingerprint density at radius 1 is 1.32 bits per heavy atom. The van der Waals surface area contributed by atoms with Gasteiger partial charge < -0.3 is 4.90 Å². The minimum Gasteiger partial charge on any atom is -0.335 e. The molecule has 19 heavy (non-hydrogen) atoms. The molecule has 0 aliphatic carbocycles. The lowest BCUT2D eigenvalue weighted by Gasteiger charge is -2.30. The van der Waals surface area contributed by atoms with Gasteiger partial charge in [-0.15, -0.1) is 0 Å². The second-order valence-electron chi connectivity index (χ2n) is 4.59. The third-order valence-corrected chi connectivity index (χ3v) is 4.80. The van der Waals surface area contributed by atoms with Crippen LogP contribution in [0.25, 0.3) is 0 Å². The summed E-state index contributed by atoms with van der Waals surface area (Å²) in [6.45, 7) is 7.01. The molecule has 1 aromatic rings. The summed E-state index contributed by atoms with van der Waals surface area (Å²) in [5, 5.41) is 0.804. The highest BCUT2D eigenvalue weighted by atomic mass is 79.9. The molecule has 0 N–H and O–H groups in total. The summed E-state index contributed by atoms with van der Waals surface area (Å²) in [6.07, 6.45) is 1.97. The quantitative estimate of drug-likeness (QED) is 0.639. The molecule has 0 aliphatic heterocycles. The average Bonchev–Trinajstić information content (AvgIpc) is 2.41. The first kappa shape index (κ1) is 16.7. The lowest BCUT2D eigenvalue weighted by atomic mass is 10.1. The molecule has 4 heteroatoms. The first-order chi connectivity index (χ1) is 9.06. The average molecular weight is 391 g/mol. The zero-order valence-electron chi connectivity index (χ0n) is 11.7. The van der Waals surface area contributed by atoms with Gasteiger partial charge in [0.25, 0.3) is 5.91 Å². The molecular formula is C15H21Br2NO. The molecule has 2 nitrogen and oxygen atoms in total. The van der Waals surface area contributed by atoms with Gasteiger partial charge in [-0.3, -0.25) is 4.79 Å². The van der Waals surface area contributed by atoms with E-state index in [1.54, 1.807) is 0 Å². The molecule has 0 saturated heterocycles. The number of aryl methyl sites for hydroxylation is 1. The van der Waals surface area contributed by atoms with Crippen LogP contribution in [0.2, 0.25) is 0 Å². The van der Waals surface area contributed by atoms with Crippen LogP contribution in [0.4, 0.5) is 0 Å². The predicted molar refractivity (Wildman–Crippen MR) is 88.1 cm³/mol. The molecule has 0 atom stereocenters. The van der Waals surface area contributed by atoms with Gasteiger partial charge >= 0.3 is 0 Å². The van der Waals surface area contributed by atoms with Crippen LogP contribution in [0.1, 0.15) is 42.6 Å². The Kier molecular flexibility index (Phi) is 7.08. The zero-order valence-corrected chi connectivity index (χ0v) is 14.9. The second-order valence-corrected chi connectivity index (χ2v) is 6.18. The van der Waals surface area contributed by atoms with Gasteiger partial charge in [0.1, 0.15) is 0 Å². The topological polar surface area (TPSA) is 20.3 Å². The summed E-state index contributed by atoms with van der Waals surface area (Å²) in [7, 11) is 0. The molecule has 0 saturated carbocycles. The van der Waals surface area contributed by atoms with Crippen molar-refractivity contribution >= 4 is 37.8 Å². The van der Waals surface area contributed by atoms with Crippen molar-refractivity contribution in [2.45, 2.75) is 39.7 Å². The maximum atomic E-state index is 12.7. The maximum absolute atomic E-state index is 12.7. The van der Waals surface area contributed by atoms with Gasteiger partial charge in [0.2, 0.25) is 0 Å². The van der Waals surface area contributed by atoms with Crippen LogP contribution in [-0.2, 0) is 0 Å². The molecule has 0 aromatic heterocycles. The standard InChI is InChI=1S/C15H21Br2NO/c1-4-12(5-2)18(10-9-16)15(19)13-8-6-7-11(3)14(13)17/h6-8,12H,4-5,9-10H2,1-3H3. The van der Waals surface area contributed by atoms with E-state index < -0.39 is 0 Å². The van der Waals surface area contributed by atoms with Crippen LogP contribution < -0.4 is 0 Å². The van der Waals surface area contributed by atoms with E-state index in [0.717, 1.165) is 40.3 Å². The third kappa shape index (κ3) is 4.06. The summed E-state index contributed by atoms with van der Waals surface area (Å²) in [5.41, 5.74) is 1.85. The fourth-order valence-electron chi connectivity index (χ4n) is 2.24. The van der Waals surface area contributed by atoms with Crippen molar-refractivity contribution < 1.29 is 4.79 Å². The van der Waals surface area contributed by atoms with Crippen molar-refractivity contribution in [1.82, 2.24) is 4.90 Å². The lowest BCUT2D eigenvalue weighted by molar-refractivity contribution is 0.0682. The second kappa shape index (κ2) is 8.05. The smallest absolute Gasteiger partial charge is 0.255 e. The number of benzene rings is 1. The fraction of sp³-hybridized carbons (Fsp3) is 0.533. The minimum absolute atomic E-state index is 0.115. The molecule has 1 rings (SSSR count). The number of carbonyl (C=O) groups excluding carboxylic acids is 1. The largest absolute Gasteiger partial charge is 0.335 e. The van der Waals surface area contributed by atoms with E-state index in [0.29, 0.717) is 6.04 Å². The highest BCUT2D eigenvalue weighted by Crippen LogP contribution is 2.24. The van der Waals surface area contributed by atoms with Crippen molar-refractivity contribution in [3.8, 4) is 0 Å². The molecule has 1 aromatic carbocycles. The maximum Gasteiger partial charge on any atom is 0.255 e. The minimum atomic E-state index is 0.115. The summed E-state index contributed by atoms with van der Waals surface area (Å²) < 4.78 is 0.908. The van der Waals surface area contributed by atoms with E-state index in [4.69, 9.17) is 0 Å². The normalized spacial score (nSPS) is 10.8. The van der Waals surface area contributed by atoms with E-state index >= 15 is 0 Å². The van der Waals surface area contributed by atoms with Crippen LogP contribution in [0, 0.1) is 6.92 Å². The lowest BCUT2D eigenvalue weighted by Crippen LogP contribution is -2.41. The predicted octanol–water partition coefficient (Wildman–Crippen LogP) is 4.78. The molecule has 0 fully saturated rings. The summed E-state index contributed by atoms with van der Waals surface area (Å²) in [6, 6.07) is 6.14. The van der Waals surface area contributed by atoms with Gasteiger partial charge in [-0.1, -0.05) is 41.9 Å². The number of hydrogen-bond donors (Lipinski definition) is 0. The number of hydrogen-bond acceptors (Lipinski definition) is 1. The molecule has 0 spiro atoms. The van der Waals surface area contributed by atoms with E-state index in [1.807, 2.05) is 30.0 Å². The number of rotatable bonds is 6. The van der Waals surface area contributed by atoms with Gasteiger partial charge in [0.15, 0.2) is 0 Å². The Balaban J connectivity index is 3.08. The van der Waals surface area contributed by atoms with Gasteiger partial charge in [0.05, 0.1) is 5.56 Å². The molecular weight excluding hydrogens is 370 g/mol. The Hall–Kier alpha value is -0.350. The third-order valence-electron chi connectivity index (χ3n) is 3.39. The first-order valence-corrected chi connectivity index (χ1v) is 8.60. The first-order valence-electron chi connectivity index (χ1n) is 6.68. The van der Waals surface area contributed by atoms with Crippen LogP contribution in [-0.4, -0.2) is 28.7 Å². The van der Waals surface area contributed by atoms with Gasteiger partial charge in [-0.2, -0.15) is 0 Å². The molecule has 0 unspecified atom stereocenters. The molecule has 0 aliphatic rings. The van der Waals surface area contributed by atoms with Crippen LogP contribution in [0.3, 0.4) is 0 Å². The number of nitrogens with zero attached hydrogens (tertiary/aromatic N) is 1. The van der Waals surface area contributed by atoms with Gasteiger partial charge in [-0.25, -0.2) is 0 Å². The van der Waals surface area contributed by atoms with Crippen LogP contribution in [0.15, 0.2) is 22.7 Å². The number of halogens is 2. The summed E-state index contributed by atoms with van der Waals surface area (Å²) in [5.74, 6) is 0.115. The number of carbonyl (C=O) groups is 1. The Morgan fingerprint density at radius 2 is 1.95 bits per heavy atom. The summed E-state index contributed by atoms with van der Waals surface area (Å²) >= 11 is 6.98. The molecule has 0 heterocycles. The Morgan fingerprint density at radius 3 is 2.47 bits per heavy atom. The van der Waals surface area contributed by atoms with Crippen LogP contribution in [0.5, 0.6) is 0 Å². The highest BCUT2D eigenvalue weighted by molar-refractivity contribution is 9.10. The fourth-order valence-corrected chi connectivity index (χ4v) is 3.05. The molecule has 1 amide bonds. The Labute approximate surface area is 132 Å². The van der Waals surface area contributed by atoms with Crippen molar-refractivity contribution in [2.24, 2.45) is 0 Å². The zero-order chi connectivity index (χ0) is 14.4. The van der Waals surface area contributed by atoms with Gasteiger partial charge in [-0.05, 0) is 47.3 Å². The number of amides is 1. The van der Waals surface area contributed by atoms with E-state index in [2.05, 4.69) is 45.7 Å². The highest BCUT2D eigenvalue weighted by Gasteiger charge is 2.23. The number of alkyl halides is 1. The van der Waals surface area contributed by atoms with Crippen molar-refractivity contribution in [1.29, 1.82) is 0 Å². The van der Waals surface area contributed by atoms with Crippen LogP contribution >= 0.6 is 31.9 Å². The SMILES string of the molecule is CCC(CC)N(CCBr)C(=O)c1cccc(C)c1Br. The molecule has 0 bridgehead atoms. The molecule has 0 radical (unpaired) electrons. The van der Waals surface area contributed by atoms with Crippen molar-refractivity contribution in [3.05, 3.63) is 33.8 Å². The van der Waals surface area contributed by atoms with Gasteiger partial charge in [0, 0.05) is 22.4 Å².